The van der Waals surface area contributed by atoms with E-state index in [2.05, 4.69) is 22.7 Å². The molecule has 1 atom stereocenters. The fraction of sp³-hybridized carbons (Fsp3) is 0.583. The summed E-state index contributed by atoms with van der Waals surface area (Å²) in [4.78, 5) is 11.9. The quantitative estimate of drug-likeness (QED) is 0.675. The molecule has 0 spiro atoms. The van der Waals surface area contributed by atoms with E-state index in [4.69, 9.17) is 5.41 Å². The van der Waals surface area contributed by atoms with E-state index >= 15 is 0 Å². The van der Waals surface area contributed by atoms with Crippen LogP contribution < -0.4 is 10.6 Å². The van der Waals surface area contributed by atoms with Crippen LogP contribution in [0.2, 0.25) is 0 Å². The summed E-state index contributed by atoms with van der Waals surface area (Å²) in [5.41, 5.74) is 1.00. The number of nitrogens with zero attached hydrogens (tertiary/aromatic N) is 2. The van der Waals surface area contributed by atoms with Crippen LogP contribution >= 0.6 is 0 Å². The van der Waals surface area contributed by atoms with Crippen LogP contribution in [-0.2, 0) is 11.8 Å². The van der Waals surface area contributed by atoms with Crippen LogP contribution in [-0.4, -0.2) is 27.9 Å². The molecule has 3 N–H and O–H groups in total. The van der Waals surface area contributed by atoms with E-state index in [1.807, 2.05) is 7.05 Å². The molecule has 100 valence electrons. The van der Waals surface area contributed by atoms with E-state index < -0.39 is 5.92 Å². The van der Waals surface area contributed by atoms with Gasteiger partial charge in [-0.15, -0.1) is 0 Å². The Kier molecular flexibility index (Phi) is 4.88. The molecule has 0 fully saturated rings. The van der Waals surface area contributed by atoms with Gasteiger partial charge in [-0.3, -0.25) is 9.48 Å². The molecule has 0 radical (unpaired) electrons. The molecule has 0 saturated heterocycles. The highest BCUT2D eigenvalue weighted by molar-refractivity contribution is 6.07. The monoisotopic (exact) mass is 251 g/mol. The van der Waals surface area contributed by atoms with Gasteiger partial charge in [-0.2, -0.15) is 5.10 Å². The van der Waals surface area contributed by atoms with Crippen LogP contribution in [0.1, 0.15) is 27.2 Å². The van der Waals surface area contributed by atoms with Gasteiger partial charge in [-0.25, -0.2) is 0 Å². The number of aromatic nitrogens is 2. The van der Waals surface area contributed by atoms with E-state index in [1.165, 1.54) is 0 Å². The number of hydrogen-bond acceptors (Lipinski definition) is 4. The molecular formula is C12H21N5O. The largest absolute Gasteiger partial charge is 0.369 e. The average Bonchev–Trinajstić information content (AvgIpc) is 2.66. The van der Waals surface area contributed by atoms with Gasteiger partial charge in [0.25, 0.3) is 0 Å². The lowest BCUT2D eigenvalue weighted by atomic mass is 10.1. The van der Waals surface area contributed by atoms with Crippen molar-refractivity contribution in [3.63, 3.8) is 0 Å². The third-order valence-corrected chi connectivity index (χ3v) is 2.78. The Bertz CT molecular complexity index is 438. The zero-order chi connectivity index (χ0) is 13.7. The van der Waals surface area contributed by atoms with Gasteiger partial charge < -0.3 is 16.0 Å². The minimum atomic E-state index is -0.427. The van der Waals surface area contributed by atoms with Crippen molar-refractivity contribution in [2.75, 3.05) is 17.2 Å². The Morgan fingerprint density at radius 2 is 2.28 bits per heavy atom. The summed E-state index contributed by atoms with van der Waals surface area (Å²) in [5.74, 6) is 0.180. The van der Waals surface area contributed by atoms with Gasteiger partial charge in [-0.1, -0.05) is 6.92 Å². The molecular weight excluding hydrogens is 230 g/mol. The third kappa shape index (κ3) is 3.32. The van der Waals surface area contributed by atoms with Crippen LogP contribution in [0.15, 0.2) is 6.20 Å². The number of rotatable bonds is 6. The molecule has 0 bridgehead atoms. The van der Waals surface area contributed by atoms with Gasteiger partial charge in [0.05, 0.1) is 12.1 Å². The van der Waals surface area contributed by atoms with Gasteiger partial charge in [0, 0.05) is 19.3 Å². The second-order valence-electron chi connectivity index (χ2n) is 4.35. The topological polar surface area (TPSA) is 82.8 Å². The molecule has 0 aliphatic heterocycles. The van der Waals surface area contributed by atoms with Crippen molar-refractivity contribution in [3.05, 3.63) is 6.20 Å². The molecule has 1 rings (SSSR count). The van der Waals surface area contributed by atoms with Gasteiger partial charge in [-0.05, 0) is 20.3 Å². The summed E-state index contributed by atoms with van der Waals surface area (Å²) >= 11 is 0. The molecule has 6 nitrogen and oxygen atoms in total. The third-order valence-electron chi connectivity index (χ3n) is 2.78. The molecule has 1 amide bonds. The maximum atomic E-state index is 11.9. The van der Waals surface area contributed by atoms with Gasteiger partial charge in [0.2, 0.25) is 5.91 Å². The van der Waals surface area contributed by atoms with E-state index in [1.54, 1.807) is 24.7 Å². The molecule has 1 unspecified atom stereocenters. The summed E-state index contributed by atoms with van der Waals surface area (Å²) in [7, 11) is 1.82. The normalized spacial score (nSPS) is 12.0. The zero-order valence-corrected chi connectivity index (χ0v) is 11.4. The highest BCUT2D eigenvalue weighted by Gasteiger charge is 2.17. The lowest BCUT2D eigenvalue weighted by molar-refractivity contribution is -0.117. The SMILES string of the molecule is CCCNc1c(NC(=O)C(C)C(C)=N)cnn1C. The Morgan fingerprint density at radius 1 is 1.61 bits per heavy atom. The lowest BCUT2D eigenvalue weighted by Crippen LogP contribution is -2.25. The maximum Gasteiger partial charge on any atom is 0.232 e. The molecule has 18 heavy (non-hydrogen) atoms. The molecule has 1 heterocycles. The molecule has 0 aliphatic rings. The first-order chi connectivity index (χ1) is 8.47. The van der Waals surface area contributed by atoms with Gasteiger partial charge in [0.15, 0.2) is 0 Å². The van der Waals surface area contributed by atoms with Crippen molar-refractivity contribution in [1.82, 2.24) is 9.78 Å². The minimum absolute atomic E-state index is 0.185. The van der Waals surface area contributed by atoms with Gasteiger partial charge in [0.1, 0.15) is 11.5 Å². The van der Waals surface area contributed by atoms with E-state index in [9.17, 15) is 4.79 Å². The number of nitrogens with one attached hydrogen (secondary N) is 3. The summed E-state index contributed by atoms with van der Waals surface area (Å²) in [6, 6.07) is 0. The summed E-state index contributed by atoms with van der Waals surface area (Å²) in [5, 5.41) is 17.6. The van der Waals surface area contributed by atoms with Crippen LogP contribution in [0.4, 0.5) is 11.5 Å². The maximum absolute atomic E-state index is 11.9. The minimum Gasteiger partial charge on any atom is -0.369 e. The number of carbonyl (C=O) groups is 1. The summed E-state index contributed by atoms with van der Waals surface area (Å²) in [6.45, 7) is 6.24. The Morgan fingerprint density at radius 3 is 2.83 bits per heavy atom. The summed E-state index contributed by atoms with van der Waals surface area (Å²) < 4.78 is 1.69. The standard InChI is InChI=1S/C12H21N5O/c1-5-6-14-11-10(7-15-17(11)4)16-12(18)8(2)9(3)13/h7-8,13-14H,5-6H2,1-4H3,(H,16,18). The molecule has 0 aliphatic carbocycles. The Hall–Kier alpha value is -1.85. The van der Waals surface area contributed by atoms with Crippen molar-refractivity contribution in [3.8, 4) is 0 Å². The fourth-order valence-corrected chi connectivity index (χ4v) is 1.42. The molecule has 0 saturated carbocycles. The van der Waals surface area contributed by atoms with E-state index in [0.29, 0.717) is 11.4 Å². The molecule has 0 aromatic carbocycles. The first kappa shape index (κ1) is 14.2. The lowest BCUT2D eigenvalue weighted by Gasteiger charge is -2.12. The first-order valence-corrected chi connectivity index (χ1v) is 6.09. The second-order valence-corrected chi connectivity index (χ2v) is 4.35. The van der Waals surface area contributed by atoms with Crippen LogP contribution in [0.3, 0.4) is 0 Å². The number of aryl methyl sites for hydroxylation is 1. The van der Waals surface area contributed by atoms with Gasteiger partial charge >= 0.3 is 0 Å². The van der Waals surface area contributed by atoms with Crippen LogP contribution in [0.25, 0.3) is 0 Å². The Balaban J connectivity index is 2.78. The zero-order valence-electron chi connectivity index (χ0n) is 11.4. The highest BCUT2D eigenvalue weighted by Crippen LogP contribution is 2.20. The molecule has 1 aromatic rings. The van der Waals surface area contributed by atoms with E-state index in [-0.39, 0.29) is 5.91 Å². The molecule has 1 aromatic heterocycles. The Labute approximate surface area is 107 Å². The van der Waals surface area contributed by atoms with E-state index in [0.717, 1.165) is 18.8 Å². The van der Waals surface area contributed by atoms with Crippen molar-refractivity contribution in [2.45, 2.75) is 27.2 Å². The molecule has 6 heteroatoms. The summed E-state index contributed by atoms with van der Waals surface area (Å²) in [6.07, 6.45) is 2.61. The van der Waals surface area contributed by atoms with Crippen molar-refractivity contribution in [1.29, 1.82) is 5.41 Å². The number of hydrogen-bond donors (Lipinski definition) is 3. The number of amides is 1. The van der Waals surface area contributed by atoms with Crippen LogP contribution in [0, 0.1) is 11.3 Å². The van der Waals surface area contributed by atoms with Crippen molar-refractivity contribution < 1.29 is 4.79 Å². The predicted octanol–water partition coefficient (Wildman–Crippen LogP) is 1.86. The second kappa shape index (κ2) is 6.18. The van der Waals surface area contributed by atoms with Crippen molar-refractivity contribution in [2.24, 2.45) is 13.0 Å². The number of anilines is 2. The fourth-order valence-electron chi connectivity index (χ4n) is 1.42. The van der Waals surface area contributed by atoms with Crippen LogP contribution in [0.5, 0.6) is 0 Å². The number of carbonyl (C=O) groups excluding carboxylic acids is 1. The predicted molar refractivity (Wildman–Crippen MR) is 73.2 cm³/mol. The van der Waals surface area contributed by atoms with Crippen molar-refractivity contribution >= 4 is 23.1 Å². The first-order valence-electron chi connectivity index (χ1n) is 6.09. The highest BCUT2D eigenvalue weighted by atomic mass is 16.1. The smallest absolute Gasteiger partial charge is 0.232 e. The average molecular weight is 251 g/mol.